The molecular weight excluding hydrogens is 244 g/mol. The van der Waals surface area contributed by atoms with E-state index in [-0.39, 0.29) is 0 Å². The van der Waals surface area contributed by atoms with Crippen molar-refractivity contribution in [3.63, 3.8) is 0 Å². The van der Waals surface area contributed by atoms with E-state index in [1.807, 2.05) is 30.3 Å². The van der Waals surface area contributed by atoms with Crippen LogP contribution < -0.4 is 4.74 Å². The van der Waals surface area contributed by atoms with Crippen molar-refractivity contribution in [2.45, 2.75) is 32.8 Å². The highest BCUT2D eigenvalue weighted by Gasteiger charge is 1.96. The van der Waals surface area contributed by atoms with Crippen molar-refractivity contribution in [3.05, 3.63) is 65.7 Å². The first-order valence-corrected chi connectivity index (χ1v) is 7.10. The van der Waals surface area contributed by atoms with Crippen LogP contribution in [0.5, 0.6) is 5.75 Å². The second kappa shape index (κ2) is 8.07. The van der Waals surface area contributed by atoms with Crippen molar-refractivity contribution >= 4 is 0 Å². The highest BCUT2D eigenvalue weighted by Crippen LogP contribution is 2.15. The first-order chi connectivity index (χ1) is 9.88. The van der Waals surface area contributed by atoms with Crippen LogP contribution in [-0.2, 0) is 13.0 Å². The van der Waals surface area contributed by atoms with Gasteiger partial charge in [0.2, 0.25) is 0 Å². The van der Waals surface area contributed by atoms with E-state index >= 15 is 0 Å². The van der Waals surface area contributed by atoms with Gasteiger partial charge in [0.1, 0.15) is 12.4 Å². The summed E-state index contributed by atoms with van der Waals surface area (Å²) in [6.07, 6.45) is 2.87. The molecule has 1 nitrogen and oxygen atoms in total. The van der Waals surface area contributed by atoms with Crippen LogP contribution in [0, 0.1) is 11.8 Å². The Morgan fingerprint density at radius 2 is 1.60 bits per heavy atom. The summed E-state index contributed by atoms with van der Waals surface area (Å²) < 4.78 is 5.76. The molecule has 0 aliphatic carbocycles. The van der Waals surface area contributed by atoms with E-state index in [2.05, 4.69) is 43.0 Å². The monoisotopic (exact) mass is 264 g/mol. The number of aryl methyl sites for hydroxylation is 1. The molecule has 0 aliphatic heterocycles. The third-order valence-electron chi connectivity index (χ3n) is 3.01. The van der Waals surface area contributed by atoms with Gasteiger partial charge in [0.15, 0.2) is 0 Å². The molecule has 2 rings (SSSR count). The van der Waals surface area contributed by atoms with Gasteiger partial charge >= 0.3 is 0 Å². The van der Waals surface area contributed by atoms with Gasteiger partial charge in [0.05, 0.1) is 0 Å². The normalized spacial score (nSPS) is 9.65. The van der Waals surface area contributed by atoms with Crippen LogP contribution in [0.15, 0.2) is 54.6 Å². The molecule has 102 valence electrons. The molecule has 20 heavy (non-hydrogen) atoms. The van der Waals surface area contributed by atoms with E-state index in [1.54, 1.807) is 0 Å². The van der Waals surface area contributed by atoms with Crippen LogP contribution in [0.3, 0.4) is 0 Å². The SMILES string of the molecule is CCC#CCCc1ccc(OCc2ccccc2)cc1. The lowest BCUT2D eigenvalue weighted by atomic mass is 10.1. The van der Waals surface area contributed by atoms with Gasteiger partial charge in [0.25, 0.3) is 0 Å². The maximum Gasteiger partial charge on any atom is 0.119 e. The molecule has 0 bridgehead atoms. The predicted octanol–water partition coefficient (Wildman–Crippen LogP) is 4.61. The van der Waals surface area contributed by atoms with E-state index in [1.165, 1.54) is 11.1 Å². The third-order valence-corrected chi connectivity index (χ3v) is 3.01. The summed E-state index contributed by atoms with van der Waals surface area (Å²) in [7, 11) is 0. The maximum atomic E-state index is 5.76. The molecule has 2 aromatic carbocycles. The highest BCUT2D eigenvalue weighted by atomic mass is 16.5. The lowest BCUT2D eigenvalue weighted by Crippen LogP contribution is -1.95. The van der Waals surface area contributed by atoms with Crippen molar-refractivity contribution < 1.29 is 4.74 Å². The average Bonchev–Trinajstić information content (AvgIpc) is 2.52. The molecule has 0 saturated carbocycles. The molecule has 0 spiro atoms. The molecule has 0 amide bonds. The van der Waals surface area contributed by atoms with Crippen molar-refractivity contribution in [1.82, 2.24) is 0 Å². The van der Waals surface area contributed by atoms with Crippen molar-refractivity contribution in [3.8, 4) is 17.6 Å². The first kappa shape index (κ1) is 14.2. The van der Waals surface area contributed by atoms with Gasteiger partial charge in [-0.25, -0.2) is 0 Å². The van der Waals surface area contributed by atoms with Crippen LogP contribution >= 0.6 is 0 Å². The van der Waals surface area contributed by atoms with Gasteiger partial charge in [-0.15, -0.1) is 11.8 Å². The molecule has 2 aromatic rings. The zero-order valence-corrected chi connectivity index (χ0v) is 11.9. The molecule has 0 saturated heterocycles. The van der Waals surface area contributed by atoms with Gasteiger partial charge in [-0.3, -0.25) is 0 Å². The third kappa shape index (κ3) is 4.82. The molecule has 0 heterocycles. The quantitative estimate of drug-likeness (QED) is 0.716. The molecule has 0 radical (unpaired) electrons. The van der Waals surface area contributed by atoms with Crippen molar-refractivity contribution in [1.29, 1.82) is 0 Å². The number of ether oxygens (including phenoxy) is 1. The molecule has 0 fully saturated rings. The van der Waals surface area contributed by atoms with Gasteiger partial charge in [-0.1, -0.05) is 49.4 Å². The fourth-order valence-corrected chi connectivity index (χ4v) is 1.91. The van der Waals surface area contributed by atoms with Crippen molar-refractivity contribution in [2.75, 3.05) is 0 Å². The summed E-state index contributed by atoms with van der Waals surface area (Å²) >= 11 is 0. The fourth-order valence-electron chi connectivity index (χ4n) is 1.91. The minimum Gasteiger partial charge on any atom is -0.489 e. The van der Waals surface area contributed by atoms with Crippen LogP contribution in [0.1, 0.15) is 30.9 Å². The zero-order chi connectivity index (χ0) is 14.0. The van der Waals surface area contributed by atoms with Crippen LogP contribution in [-0.4, -0.2) is 0 Å². The van der Waals surface area contributed by atoms with E-state index in [0.717, 1.165) is 25.0 Å². The molecule has 0 unspecified atom stereocenters. The lowest BCUT2D eigenvalue weighted by molar-refractivity contribution is 0.306. The van der Waals surface area contributed by atoms with E-state index in [9.17, 15) is 0 Å². The largest absolute Gasteiger partial charge is 0.489 e. The smallest absolute Gasteiger partial charge is 0.119 e. The van der Waals surface area contributed by atoms with Gasteiger partial charge in [0, 0.05) is 12.8 Å². The topological polar surface area (TPSA) is 9.23 Å². The van der Waals surface area contributed by atoms with Crippen LogP contribution in [0.25, 0.3) is 0 Å². The minimum absolute atomic E-state index is 0.613. The average molecular weight is 264 g/mol. The highest BCUT2D eigenvalue weighted by molar-refractivity contribution is 5.28. The molecule has 0 atom stereocenters. The van der Waals surface area contributed by atoms with Gasteiger partial charge in [-0.2, -0.15) is 0 Å². The van der Waals surface area contributed by atoms with Gasteiger partial charge in [-0.05, 0) is 29.7 Å². The van der Waals surface area contributed by atoms with E-state index in [0.29, 0.717) is 6.61 Å². The molecular formula is C19H20O. The lowest BCUT2D eigenvalue weighted by Gasteiger charge is -2.07. The van der Waals surface area contributed by atoms with Crippen molar-refractivity contribution in [2.24, 2.45) is 0 Å². The molecule has 0 aromatic heterocycles. The molecule has 0 aliphatic rings. The Hall–Kier alpha value is -2.20. The Morgan fingerprint density at radius 3 is 2.30 bits per heavy atom. The molecule has 0 N–H and O–H groups in total. The maximum absolute atomic E-state index is 5.76. The predicted molar refractivity (Wildman–Crippen MR) is 83.6 cm³/mol. The minimum atomic E-state index is 0.613. The Morgan fingerprint density at radius 1 is 0.850 bits per heavy atom. The Balaban J connectivity index is 1.82. The number of hydrogen-bond donors (Lipinski definition) is 0. The summed E-state index contributed by atoms with van der Waals surface area (Å²) in [5.74, 6) is 7.17. The number of rotatable bonds is 5. The summed E-state index contributed by atoms with van der Waals surface area (Å²) in [6.45, 7) is 2.69. The van der Waals surface area contributed by atoms with Crippen LogP contribution in [0.2, 0.25) is 0 Å². The van der Waals surface area contributed by atoms with Gasteiger partial charge < -0.3 is 4.74 Å². The number of benzene rings is 2. The Bertz CT molecular complexity index is 558. The fraction of sp³-hybridized carbons (Fsp3) is 0.263. The summed E-state index contributed by atoms with van der Waals surface area (Å²) in [6, 6.07) is 18.5. The standard InChI is InChI=1S/C19H20O/c1-2-3-4-6-9-17-12-14-19(15-13-17)20-16-18-10-7-5-8-11-18/h5,7-8,10-15H,2,6,9,16H2,1H3. The van der Waals surface area contributed by atoms with E-state index in [4.69, 9.17) is 4.74 Å². The number of hydrogen-bond acceptors (Lipinski definition) is 1. The van der Waals surface area contributed by atoms with Crippen LogP contribution in [0.4, 0.5) is 0 Å². The zero-order valence-electron chi connectivity index (χ0n) is 11.9. The van der Waals surface area contributed by atoms with E-state index < -0.39 is 0 Å². The first-order valence-electron chi connectivity index (χ1n) is 7.10. The molecule has 1 heteroatoms. The Labute approximate surface area is 121 Å². The summed E-state index contributed by atoms with van der Waals surface area (Å²) in [5, 5.41) is 0. The second-order valence-electron chi connectivity index (χ2n) is 4.63. The summed E-state index contributed by atoms with van der Waals surface area (Å²) in [4.78, 5) is 0. The summed E-state index contributed by atoms with van der Waals surface area (Å²) in [5.41, 5.74) is 2.49. The Kier molecular flexibility index (Phi) is 5.73. The second-order valence-corrected chi connectivity index (χ2v) is 4.63.